The second-order valence-corrected chi connectivity index (χ2v) is 8.21. The van der Waals surface area contributed by atoms with Crippen LogP contribution >= 0.6 is 18.9 Å². The Morgan fingerprint density at radius 3 is 2.64 bits per heavy atom. The van der Waals surface area contributed by atoms with E-state index in [0.717, 1.165) is 10.3 Å². The molecular weight excluding hydrogens is 361 g/mol. The lowest BCUT2D eigenvalue weighted by Crippen LogP contribution is -2.19. The van der Waals surface area contributed by atoms with Crippen molar-refractivity contribution in [2.75, 3.05) is 0 Å². The fourth-order valence-corrected chi connectivity index (χ4v) is 4.83. The van der Waals surface area contributed by atoms with Gasteiger partial charge in [0.15, 0.2) is 0 Å². The molecule has 2 heterocycles. The number of nitrogens with zero attached hydrogens (tertiary/aromatic N) is 1. The van der Waals surface area contributed by atoms with Gasteiger partial charge in [-0.2, -0.15) is 0 Å². The number of fused-ring (bicyclic) bond motifs is 2. The van der Waals surface area contributed by atoms with Crippen molar-refractivity contribution in [1.82, 2.24) is 4.98 Å². The number of benzene rings is 2. The topological polar surface area (TPSA) is 101 Å². The van der Waals surface area contributed by atoms with Crippen molar-refractivity contribution in [2.24, 2.45) is 0 Å². The van der Waals surface area contributed by atoms with E-state index in [1.54, 1.807) is 37.3 Å². The summed E-state index contributed by atoms with van der Waals surface area (Å²) >= 11 is 1.19. The van der Waals surface area contributed by atoms with E-state index in [1.807, 2.05) is 12.1 Å². The monoisotopic (exact) mass is 373 g/mol. The van der Waals surface area contributed by atoms with Gasteiger partial charge in [0.2, 0.25) is 0 Å². The molecule has 6 nitrogen and oxygen atoms in total. The molecule has 0 bridgehead atoms. The zero-order valence-electron chi connectivity index (χ0n) is 13.0. The van der Waals surface area contributed by atoms with Crippen LogP contribution in [-0.2, 0) is 4.57 Å². The summed E-state index contributed by atoms with van der Waals surface area (Å²) in [5.74, 6) is 0. The molecule has 2 aromatic carbocycles. The third kappa shape index (κ3) is 2.71. The molecule has 2 N–H and O–H groups in total. The first kappa shape index (κ1) is 16.2. The van der Waals surface area contributed by atoms with Gasteiger partial charge in [0.25, 0.3) is 0 Å². The Balaban J connectivity index is 2.16. The number of hydrogen-bond donors (Lipinski definition) is 2. The lowest BCUT2D eigenvalue weighted by atomic mass is 10.1. The first-order valence-electron chi connectivity index (χ1n) is 7.34. The summed E-state index contributed by atoms with van der Waals surface area (Å²) in [6.07, 6.45) is 0. The molecule has 8 heteroatoms. The van der Waals surface area contributed by atoms with Gasteiger partial charge in [0.1, 0.15) is 16.2 Å². The van der Waals surface area contributed by atoms with Gasteiger partial charge in [0.05, 0.1) is 15.5 Å². The number of rotatable bonds is 2. The van der Waals surface area contributed by atoms with E-state index in [9.17, 15) is 19.1 Å². The summed E-state index contributed by atoms with van der Waals surface area (Å²) in [6, 6.07) is 12.1. The zero-order chi connectivity index (χ0) is 17.8. The summed E-state index contributed by atoms with van der Waals surface area (Å²) in [4.78, 5) is 36.7. The Morgan fingerprint density at radius 2 is 1.92 bits per heavy atom. The van der Waals surface area contributed by atoms with E-state index in [0.29, 0.717) is 5.52 Å². The standard InChI is InChI=1S/C17H12NO5PS/c1-9-6-7-10-12(8-9)23-17(19)14(15(10)24(20,21)22)16-18-11-4-2-3-5-13(11)25-16/h2-8H,1H3,(H2,20,21,22). The summed E-state index contributed by atoms with van der Waals surface area (Å²) in [6.45, 7) is 1.80. The molecular formula is C17H12NO5PS. The normalized spacial score (nSPS) is 12.1. The highest BCUT2D eigenvalue weighted by Crippen LogP contribution is 2.41. The molecule has 25 heavy (non-hydrogen) atoms. The lowest BCUT2D eigenvalue weighted by Gasteiger charge is -2.11. The van der Waals surface area contributed by atoms with Gasteiger partial charge in [0, 0.05) is 5.39 Å². The van der Waals surface area contributed by atoms with Crippen LogP contribution < -0.4 is 10.9 Å². The van der Waals surface area contributed by atoms with Crippen molar-refractivity contribution >= 4 is 45.4 Å². The van der Waals surface area contributed by atoms with Crippen LogP contribution in [0.25, 0.3) is 31.8 Å². The molecule has 0 aliphatic heterocycles. The van der Waals surface area contributed by atoms with E-state index in [-0.39, 0.29) is 26.8 Å². The van der Waals surface area contributed by atoms with Gasteiger partial charge in [-0.15, -0.1) is 11.3 Å². The van der Waals surface area contributed by atoms with Crippen molar-refractivity contribution in [3.63, 3.8) is 0 Å². The maximum absolute atomic E-state index is 12.5. The molecule has 0 spiro atoms. The molecule has 0 fully saturated rings. The lowest BCUT2D eigenvalue weighted by molar-refractivity contribution is 0.387. The van der Waals surface area contributed by atoms with Crippen molar-refractivity contribution in [2.45, 2.75) is 6.92 Å². The molecule has 0 saturated carbocycles. The predicted octanol–water partition coefficient (Wildman–Crippen LogP) is 3.18. The second kappa shape index (κ2) is 5.61. The number of para-hydroxylation sites is 1. The van der Waals surface area contributed by atoms with Crippen LogP contribution in [0.4, 0.5) is 0 Å². The Bertz CT molecular complexity index is 1200. The summed E-state index contributed by atoms with van der Waals surface area (Å²) in [7, 11) is -4.75. The predicted molar refractivity (Wildman–Crippen MR) is 97.5 cm³/mol. The summed E-state index contributed by atoms with van der Waals surface area (Å²) < 4.78 is 18.3. The van der Waals surface area contributed by atoms with Gasteiger partial charge in [-0.1, -0.05) is 24.3 Å². The molecule has 0 unspecified atom stereocenters. The Hall–Kier alpha value is -2.31. The highest BCUT2D eigenvalue weighted by Gasteiger charge is 2.31. The number of thiazole rings is 1. The molecule has 2 aromatic heterocycles. The minimum atomic E-state index is -4.75. The summed E-state index contributed by atoms with van der Waals surface area (Å²) in [5, 5.41) is 0.112. The Kier molecular flexibility index (Phi) is 3.63. The first-order valence-corrected chi connectivity index (χ1v) is 9.77. The largest absolute Gasteiger partial charge is 0.422 e. The highest BCUT2D eigenvalue weighted by atomic mass is 32.1. The maximum Gasteiger partial charge on any atom is 0.357 e. The van der Waals surface area contributed by atoms with E-state index >= 15 is 0 Å². The maximum atomic E-state index is 12.5. The third-order valence-electron chi connectivity index (χ3n) is 3.83. The van der Waals surface area contributed by atoms with Gasteiger partial charge < -0.3 is 14.2 Å². The van der Waals surface area contributed by atoms with E-state index in [2.05, 4.69) is 4.98 Å². The quantitative estimate of drug-likeness (QED) is 0.413. The fourth-order valence-electron chi connectivity index (χ4n) is 2.76. The van der Waals surface area contributed by atoms with Gasteiger partial charge in [-0.25, -0.2) is 9.78 Å². The van der Waals surface area contributed by atoms with Crippen LogP contribution in [0.1, 0.15) is 5.56 Å². The smallest absolute Gasteiger partial charge is 0.357 e. The minimum Gasteiger partial charge on any atom is -0.422 e. The summed E-state index contributed by atoms with van der Waals surface area (Å²) in [5.41, 5.74) is 0.636. The molecule has 0 saturated heterocycles. The Morgan fingerprint density at radius 1 is 1.16 bits per heavy atom. The SMILES string of the molecule is Cc1ccc2c(P(=O)(O)O)c(-c3nc4ccccc4s3)c(=O)oc2c1. The minimum absolute atomic E-state index is 0.146. The molecule has 0 atom stereocenters. The first-order chi connectivity index (χ1) is 11.8. The highest BCUT2D eigenvalue weighted by molar-refractivity contribution is 7.61. The van der Waals surface area contributed by atoms with E-state index in [1.165, 1.54) is 11.3 Å². The Labute approximate surface area is 145 Å². The van der Waals surface area contributed by atoms with Crippen molar-refractivity contribution in [3.8, 4) is 10.6 Å². The fraction of sp³-hybridized carbons (Fsp3) is 0.0588. The van der Waals surface area contributed by atoms with Gasteiger partial charge >= 0.3 is 13.2 Å². The second-order valence-electron chi connectivity index (χ2n) is 5.64. The van der Waals surface area contributed by atoms with Crippen LogP contribution in [0.3, 0.4) is 0 Å². The van der Waals surface area contributed by atoms with Gasteiger partial charge in [-0.3, -0.25) is 4.57 Å². The molecule has 4 rings (SSSR count). The number of hydrogen-bond acceptors (Lipinski definition) is 5. The average molecular weight is 373 g/mol. The number of aromatic nitrogens is 1. The number of aryl methyl sites for hydroxylation is 1. The van der Waals surface area contributed by atoms with Crippen LogP contribution in [0, 0.1) is 6.92 Å². The molecule has 0 aliphatic carbocycles. The van der Waals surface area contributed by atoms with Crippen LogP contribution in [0.5, 0.6) is 0 Å². The van der Waals surface area contributed by atoms with Crippen LogP contribution in [0.15, 0.2) is 51.7 Å². The molecule has 0 aliphatic rings. The third-order valence-corrected chi connectivity index (χ3v) is 5.94. The molecule has 126 valence electrons. The van der Waals surface area contributed by atoms with E-state index < -0.39 is 13.2 Å². The zero-order valence-corrected chi connectivity index (χ0v) is 14.7. The van der Waals surface area contributed by atoms with E-state index in [4.69, 9.17) is 4.42 Å². The molecule has 0 radical (unpaired) electrons. The van der Waals surface area contributed by atoms with Crippen molar-refractivity contribution < 1.29 is 18.8 Å². The van der Waals surface area contributed by atoms with Crippen molar-refractivity contribution in [1.29, 1.82) is 0 Å². The van der Waals surface area contributed by atoms with Crippen LogP contribution in [0.2, 0.25) is 0 Å². The molecule has 0 amide bonds. The average Bonchev–Trinajstić information content (AvgIpc) is 2.95. The van der Waals surface area contributed by atoms with Crippen LogP contribution in [-0.4, -0.2) is 14.8 Å². The van der Waals surface area contributed by atoms with Gasteiger partial charge in [-0.05, 0) is 30.7 Å². The molecule has 4 aromatic rings. The van der Waals surface area contributed by atoms with Crippen molar-refractivity contribution in [3.05, 3.63) is 58.4 Å².